The van der Waals surface area contributed by atoms with Gasteiger partial charge in [-0.1, -0.05) is 54.6 Å². The van der Waals surface area contributed by atoms with E-state index in [0.717, 1.165) is 17.9 Å². The molecule has 4 heteroatoms. The first-order valence-corrected chi connectivity index (χ1v) is 11.0. The SMILES string of the molecule is COc1ccc2ccccc2c1C1Nc2c(C(=O)NC(C)C)cccc2C2C=CCC21. The Morgan fingerprint density at radius 3 is 2.74 bits per heavy atom. The second-order valence-electron chi connectivity index (χ2n) is 8.78. The highest BCUT2D eigenvalue weighted by molar-refractivity contribution is 6.01. The van der Waals surface area contributed by atoms with Gasteiger partial charge in [0, 0.05) is 17.5 Å². The summed E-state index contributed by atoms with van der Waals surface area (Å²) in [6, 6.07) is 18.8. The normalized spacial score (nSPS) is 21.5. The van der Waals surface area contributed by atoms with Crippen LogP contribution in [0.5, 0.6) is 5.75 Å². The molecule has 1 heterocycles. The highest BCUT2D eigenvalue weighted by Gasteiger charge is 2.40. The van der Waals surface area contributed by atoms with Gasteiger partial charge in [-0.2, -0.15) is 0 Å². The Morgan fingerprint density at radius 1 is 1.10 bits per heavy atom. The lowest BCUT2D eigenvalue weighted by atomic mass is 9.75. The molecule has 31 heavy (non-hydrogen) atoms. The van der Waals surface area contributed by atoms with Crippen LogP contribution in [-0.2, 0) is 0 Å². The Bertz CT molecular complexity index is 1180. The van der Waals surface area contributed by atoms with Crippen molar-refractivity contribution < 1.29 is 9.53 Å². The van der Waals surface area contributed by atoms with Crippen LogP contribution < -0.4 is 15.4 Å². The number of carbonyl (C=O) groups excluding carboxylic acids is 1. The molecule has 2 N–H and O–H groups in total. The minimum absolute atomic E-state index is 0.0385. The first kappa shape index (κ1) is 19.7. The van der Waals surface area contributed by atoms with Gasteiger partial charge in [0.2, 0.25) is 0 Å². The number of allylic oxidation sites excluding steroid dienone is 2. The van der Waals surface area contributed by atoms with Crippen LogP contribution in [0.2, 0.25) is 0 Å². The molecule has 2 aliphatic rings. The van der Waals surface area contributed by atoms with E-state index in [-0.39, 0.29) is 23.9 Å². The van der Waals surface area contributed by atoms with Gasteiger partial charge in [0.05, 0.1) is 24.4 Å². The lowest BCUT2D eigenvalue weighted by Gasteiger charge is -2.39. The number of amides is 1. The molecule has 3 atom stereocenters. The van der Waals surface area contributed by atoms with Crippen molar-refractivity contribution >= 4 is 22.4 Å². The van der Waals surface area contributed by atoms with Crippen LogP contribution in [0, 0.1) is 5.92 Å². The number of anilines is 1. The zero-order chi connectivity index (χ0) is 21.5. The number of hydrogen-bond acceptors (Lipinski definition) is 3. The maximum absolute atomic E-state index is 13.0. The first-order valence-electron chi connectivity index (χ1n) is 11.0. The fourth-order valence-corrected chi connectivity index (χ4v) is 5.21. The minimum Gasteiger partial charge on any atom is -0.496 e. The van der Waals surface area contributed by atoms with Crippen molar-refractivity contribution in [1.82, 2.24) is 5.32 Å². The molecule has 0 radical (unpaired) electrons. The standard InChI is InChI=1S/C27H28N2O2/c1-16(2)28-27(30)22-13-7-11-20-19-10-6-12-21(19)26(29-25(20)22)24-18-9-5-4-8-17(18)14-15-23(24)31-3/h4-11,13-16,19,21,26,29H,12H2,1-3H3,(H,28,30). The number of ether oxygens (including phenoxy) is 1. The third kappa shape index (κ3) is 3.27. The van der Waals surface area contributed by atoms with Crippen LogP contribution >= 0.6 is 0 Å². The molecular formula is C27H28N2O2. The summed E-state index contributed by atoms with van der Waals surface area (Å²) in [4.78, 5) is 13.0. The molecule has 1 aliphatic carbocycles. The van der Waals surface area contributed by atoms with Crippen molar-refractivity contribution in [3.05, 3.63) is 83.4 Å². The van der Waals surface area contributed by atoms with Crippen LogP contribution in [0.1, 0.15) is 53.7 Å². The largest absolute Gasteiger partial charge is 0.496 e. The van der Waals surface area contributed by atoms with Crippen LogP contribution in [0.25, 0.3) is 10.8 Å². The molecular weight excluding hydrogens is 384 g/mol. The molecule has 0 saturated carbocycles. The number of nitrogens with one attached hydrogen (secondary N) is 2. The van der Waals surface area contributed by atoms with Gasteiger partial charge >= 0.3 is 0 Å². The van der Waals surface area contributed by atoms with E-state index in [1.807, 2.05) is 26.0 Å². The van der Waals surface area contributed by atoms with Gasteiger partial charge in [-0.05, 0) is 54.7 Å². The second kappa shape index (κ2) is 7.77. The lowest BCUT2D eigenvalue weighted by molar-refractivity contribution is 0.0943. The maximum atomic E-state index is 13.0. The predicted octanol–water partition coefficient (Wildman–Crippen LogP) is 5.81. The van der Waals surface area contributed by atoms with E-state index in [9.17, 15) is 4.79 Å². The number of fused-ring (bicyclic) bond motifs is 4. The van der Waals surface area contributed by atoms with E-state index in [2.05, 4.69) is 65.3 Å². The number of carbonyl (C=O) groups is 1. The van der Waals surface area contributed by atoms with Gasteiger partial charge in [0.15, 0.2) is 0 Å². The average Bonchev–Trinajstić information content (AvgIpc) is 3.27. The smallest absolute Gasteiger partial charge is 0.253 e. The topological polar surface area (TPSA) is 50.4 Å². The highest BCUT2D eigenvalue weighted by Crippen LogP contribution is 2.53. The van der Waals surface area contributed by atoms with Gasteiger partial charge in [0.1, 0.15) is 5.75 Å². The van der Waals surface area contributed by atoms with Crippen molar-refractivity contribution in [1.29, 1.82) is 0 Å². The molecule has 1 amide bonds. The molecule has 0 fully saturated rings. The fraction of sp³-hybridized carbons (Fsp3) is 0.296. The quantitative estimate of drug-likeness (QED) is 0.532. The van der Waals surface area contributed by atoms with Crippen LogP contribution in [0.4, 0.5) is 5.69 Å². The molecule has 0 bridgehead atoms. The van der Waals surface area contributed by atoms with Crippen molar-refractivity contribution in [3.63, 3.8) is 0 Å². The third-order valence-corrected chi connectivity index (χ3v) is 6.52. The molecule has 3 aromatic carbocycles. The van der Waals surface area contributed by atoms with Crippen molar-refractivity contribution in [2.75, 3.05) is 12.4 Å². The average molecular weight is 413 g/mol. The molecule has 0 aromatic heterocycles. The molecule has 1 aliphatic heterocycles. The van der Waals surface area contributed by atoms with Crippen molar-refractivity contribution in [2.45, 2.75) is 38.3 Å². The van der Waals surface area contributed by atoms with E-state index in [1.54, 1.807) is 7.11 Å². The molecule has 3 aromatic rings. The minimum atomic E-state index is -0.0385. The molecule has 4 nitrogen and oxygen atoms in total. The van der Waals surface area contributed by atoms with E-state index in [4.69, 9.17) is 4.74 Å². The molecule has 0 spiro atoms. The van der Waals surface area contributed by atoms with Crippen LogP contribution in [0.15, 0.2) is 66.7 Å². The molecule has 5 rings (SSSR count). The van der Waals surface area contributed by atoms with E-state index >= 15 is 0 Å². The maximum Gasteiger partial charge on any atom is 0.253 e. The highest BCUT2D eigenvalue weighted by atomic mass is 16.5. The predicted molar refractivity (Wildman–Crippen MR) is 126 cm³/mol. The zero-order valence-corrected chi connectivity index (χ0v) is 18.2. The summed E-state index contributed by atoms with van der Waals surface area (Å²) in [5.41, 5.74) is 4.01. The summed E-state index contributed by atoms with van der Waals surface area (Å²) in [6.45, 7) is 3.97. The van der Waals surface area contributed by atoms with Crippen LogP contribution in [-0.4, -0.2) is 19.1 Å². The van der Waals surface area contributed by atoms with Gasteiger partial charge in [0.25, 0.3) is 5.91 Å². The third-order valence-electron chi connectivity index (χ3n) is 6.52. The summed E-state index contributed by atoms with van der Waals surface area (Å²) in [7, 11) is 1.73. The Morgan fingerprint density at radius 2 is 1.94 bits per heavy atom. The monoisotopic (exact) mass is 412 g/mol. The Labute approximate surface area is 183 Å². The van der Waals surface area contributed by atoms with Gasteiger partial charge in [-0.15, -0.1) is 0 Å². The second-order valence-corrected chi connectivity index (χ2v) is 8.78. The van der Waals surface area contributed by atoms with Gasteiger partial charge < -0.3 is 15.4 Å². The Balaban J connectivity index is 1.68. The van der Waals surface area contributed by atoms with Crippen LogP contribution in [0.3, 0.4) is 0 Å². The van der Waals surface area contributed by atoms with Gasteiger partial charge in [-0.3, -0.25) is 4.79 Å². The Kier molecular flexibility index (Phi) is 4.93. The zero-order valence-electron chi connectivity index (χ0n) is 18.2. The summed E-state index contributed by atoms with van der Waals surface area (Å²) in [5.74, 6) is 1.49. The van der Waals surface area contributed by atoms with Gasteiger partial charge in [-0.25, -0.2) is 0 Å². The summed E-state index contributed by atoms with van der Waals surface area (Å²) >= 11 is 0. The van der Waals surface area contributed by atoms with E-state index < -0.39 is 0 Å². The first-order chi connectivity index (χ1) is 15.1. The fourth-order valence-electron chi connectivity index (χ4n) is 5.21. The lowest BCUT2D eigenvalue weighted by Crippen LogP contribution is -2.34. The molecule has 158 valence electrons. The van der Waals surface area contributed by atoms with E-state index in [0.29, 0.717) is 11.5 Å². The Hall–Kier alpha value is -3.27. The number of hydrogen-bond donors (Lipinski definition) is 2. The summed E-state index contributed by atoms with van der Waals surface area (Å²) in [6.07, 6.45) is 5.58. The molecule has 0 saturated heterocycles. The number of para-hydroxylation sites is 1. The van der Waals surface area contributed by atoms with E-state index in [1.165, 1.54) is 21.9 Å². The molecule has 3 unspecified atom stereocenters. The van der Waals surface area contributed by atoms with Crippen molar-refractivity contribution in [2.24, 2.45) is 5.92 Å². The summed E-state index contributed by atoms with van der Waals surface area (Å²) < 4.78 is 5.83. The summed E-state index contributed by atoms with van der Waals surface area (Å²) in [5, 5.41) is 9.23. The number of benzene rings is 3. The van der Waals surface area contributed by atoms with Crippen molar-refractivity contribution in [3.8, 4) is 5.75 Å². The number of methoxy groups -OCH3 is 1. The number of rotatable bonds is 4.